The van der Waals surface area contributed by atoms with E-state index in [1.165, 1.54) is 25.5 Å². The van der Waals surface area contributed by atoms with Crippen LogP contribution in [0.2, 0.25) is 0 Å². The number of methoxy groups -OCH3 is 1. The van der Waals surface area contributed by atoms with Crippen molar-refractivity contribution in [1.82, 2.24) is 20.9 Å². The molecule has 1 aliphatic carbocycles. The number of carbonyl (C=O) groups is 2. The second kappa shape index (κ2) is 14.1. The van der Waals surface area contributed by atoms with Gasteiger partial charge in [-0.05, 0) is 68.3 Å². The number of halogens is 5. The first-order valence-corrected chi connectivity index (χ1v) is 14.5. The van der Waals surface area contributed by atoms with Crippen LogP contribution in [0.4, 0.5) is 22.0 Å². The summed E-state index contributed by atoms with van der Waals surface area (Å²) in [5, 5.41) is 8.16. The van der Waals surface area contributed by atoms with Gasteiger partial charge < -0.3 is 30.2 Å². The average molecular weight is 647 g/mol. The SMILES string of the molecule is COc1cc2c(OC3C=CC(NC(=O)C(=O)NCc4cccc(C(F)(F)F)c4F)=CC3F)ccnc2cc1OCC1CCNCC1. The molecule has 2 unspecified atom stereocenters. The van der Waals surface area contributed by atoms with Gasteiger partial charge in [0.15, 0.2) is 23.8 Å². The van der Waals surface area contributed by atoms with Crippen molar-refractivity contribution in [1.29, 1.82) is 0 Å². The number of fused-ring (bicyclic) bond motifs is 1. The number of hydrogen-bond acceptors (Lipinski definition) is 7. The molecule has 46 heavy (non-hydrogen) atoms. The smallest absolute Gasteiger partial charge is 0.419 e. The molecule has 0 bridgehead atoms. The van der Waals surface area contributed by atoms with Crippen LogP contribution >= 0.6 is 0 Å². The van der Waals surface area contributed by atoms with E-state index >= 15 is 4.39 Å². The number of nitrogens with zero attached hydrogens (tertiary/aromatic N) is 1. The standard InChI is InChI=1S/C32H31F5N4O5/c1-44-27-14-21-24(15-28(27)45-17-18-7-10-38-11-8-18)39-12-9-25(21)46-26-6-5-20(13-23(26)33)41-31(43)30(42)40-16-19-3-2-4-22(29(19)34)32(35,36)37/h2-6,9,12-15,18,23,26,38H,7-8,10-11,16-17H2,1H3,(H,40,42)(H,41,43). The van der Waals surface area contributed by atoms with Gasteiger partial charge >= 0.3 is 18.0 Å². The molecule has 1 fully saturated rings. The van der Waals surface area contributed by atoms with Gasteiger partial charge in [-0.2, -0.15) is 13.2 Å². The zero-order valence-electron chi connectivity index (χ0n) is 24.6. The Morgan fingerprint density at radius 3 is 2.57 bits per heavy atom. The lowest BCUT2D eigenvalue weighted by molar-refractivity contribution is -0.140. The van der Waals surface area contributed by atoms with E-state index in [9.17, 15) is 27.2 Å². The van der Waals surface area contributed by atoms with Crippen LogP contribution in [0.15, 0.2) is 66.5 Å². The van der Waals surface area contributed by atoms with Crippen molar-refractivity contribution in [3.05, 3.63) is 83.5 Å². The number of ether oxygens (including phenoxy) is 3. The Bertz CT molecular complexity index is 1660. The van der Waals surface area contributed by atoms with E-state index in [4.69, 9.17) is 14.2 Å². The number of aromatic nitrogens is 1. The molecule has 3 aromatic rings. The quantitative estimate of drug-likeness (QED) is 0.227. The first kappa shape index (κ1) is 32.7. The van der Waals surface area contributed by atoms with Crippen molar-refractivity contribution in [2.24, 2.45) is 5.92 Å². The molecule has 9 nitrogen and oxygen atoms in total. The molecule has 2 aliphatic rings. The third-order valence-electron chi connectivity index (χ3n) is 7.59. The lowest BCUT2D eigenvalue weighted by Crippen LogP contribution is -2.40. The maximum atomic E-state index is 15.2. The molecule has 1 saturated heterocycles. The van der Waals surface area contributed by atoms with Crippen molar-refractivity contribution in [3.63, 3.8) is 0 Å². The molecule has 2 atom stereocenters. The molecule has 0 saturated carbocycles. The fourth-order valence-corrected chi connectivity index (χ4v) is 5.10. The van der Waals surface area contributed by atoms with E-state index < -0.39 is 53.8 Å². The van der Waals surface area contributed by atoms with E-state index in [2.05, 4.69) is 20.9 Å². The van der Waals surface area contributed by atoms with E-state index in [0.29, 0.717) is 46.7 Å². The van der Waals surface area contributed by atoms with Crippen LogP contribution in [-0.2, 0) is 22.3 Å². The monoisotopic (exact) mass is 646 g/mol. The number of alkyl halides is 4. The van der Waals surface area contributed by atoms with Gasteiger partial charge in [0.05, 0.1) is 24.8 Å². The number of rotatable bonds is 9. The number of allylic oxidation sites excluding steroid dienone is 1. The predicted molar refractivity (Wildman–Crippen MR) is 157 cm³/mol. The zero-order valence-corrected chi connectivity index (χ0v) is 24.6. The third-order valence-corrected chi connectivity index (χ3v) is 7.59. The maximum absolute atomic E-state index is 15.2. The van der Waals surface area contributed by atoms with Crippen molar-refractivity contribution in [2.75, 3.05) is 26.8 Å². The first-order chi connectivity index (χ1) is 22.0. The van der Waals surface area contributed by atoms with E-state index in [1.54, 1.807) is 18.2 Å². The minimum atomic E-state index is -4.92. The molecule has 14 heteroatoms. The number of benzene rings is 2. The molecule has 1 aliphatic heterocycles. The fourth-order valence-electron chi connectivity index (χ4n) is 5.10. The van der Waals surface area contributed by atoms with Gasteiger partial charge in [-0.1, -0.05) is 12.1 Å². The Kier molecular flexibility index (Phi) is 10.0. The third kappa shape index (κ3) is 7.73. The van der Waals surface area contributed by atoms with Crippen molar-refractivity contribution in [2.45, 2.75) is 37.8 Å². The van der Waals surface area contributed by atoms with Crippen LogP contribution in [0, 0.1) is 11.7 Å². The molecule has 2 heterocycles. The molecular weight excluding hydrogens is 615 g/mol. The molecule has 3 N–H and O–H groups in total. The average Bonchev–Trinajstić information content (AvgIpc) is 3.04. The highest BCUT2D eigenvalue weighted by atomic mass is 19.4. The van der Waals surface area contributed by atoms with Crippen molar-refractivity contribution in [3.8, 4) is 17.2 Å². The van der Waals surface area contributed by atoms with Gasteiger partial charge in [0.1, 0.15) is 11.6 Å². The summed E-state index contributed by atoms with van der Waals surface area (Å²) in [5.74, 6) is -2.28. The number of carbonyl (C=O) groups excluding carboxylic acids is 2. The molecule has 5 rings (SSSR count). The van der Waals surface area contributed by atoms with Crippen LogP contribution < -0.4 is 30.2 Å². The number of pyridine rings is 1. The topological polar surface area (TPSA) is 111 Å². The summed E-state index contributed by atoms with van der Waals surface area (Å²) in [6.45, 7) is 1.76. The maximum Gasteiger partial charge on any atom is 0.419 e. The summed E-state index contributed by atoms with van der Waals surface area (Å²) >= 11 is 0. The Balaban J connectivity index is 1.19. The van der Waals surface area contributed by atoms with Crippen molar-refractivity contribution >= 4 is 22.7 Å². The van der Waals surface area contributed by atoms with Crippen molar-refractivity contribution < 1.29 is 45.8 Å². The minimum Gasteiger partial charge on any atom is -0.493 e. The Hall–Kier alpha value is -4.72. The predicted octanol–water partition coefficient (Wildman–Crippen LogP) is 4.75. The summed E-state index contributed by atoms with van der Waals surface area (Å²) in [7, 11) is 1.52. The molecule has 0 radical (unpaired) electrons. The van der Waals surface area contributed by atoms with Crippen LogP contribution in [0.25, 0.3) is 10.9 Å². The Morgan fingerprint density at radius 1 is 1.07 bits per heavy atom. The van der Waals surface area contributed by atoms with Crippen LogP contribution in [0.1, 0.15) is 24.0 Å². The van der Waals surface area contributed by atoms with Crippen LogP contribution in [0.3, 0.4) is 0 Å². The number of nitrogens with one attached hydrogen (secondary N) is 3. The van der Waals surface area contributed by atoms with E-state index in [1.807, 2.05) is 0 Å². The van der Waals surface area contributed by atoms with E-state index in [0.717, 1.165) is 44.1 Å². The summed E-state index contributed by atoms with van der Waals surface area (Å²) < 4.78 is 85.7. The normalized spacial score (nSPS) is 18.5. The fraction of sp³-hybridized carbons (Fsp3) is 0.344. The summed E-state index contributed by atoms with van der Waals surface area (Å²) in [4.78, 5) is 29.0. The van der Waals surface area contributed by atoms with Gasteiger partial charge in [-0.3, -0.25) is 14.6 Å². The summed E-state index contributed by atoms with van der Waals surface area (Å²) in [6, 6.07) is 7.63. The largest absolute Gasteiger partial charge is 0.493 e. The molecule has 0 spiro atoms. The van der Waals surface area contributed by atoms with E-state index in [-0.39, 0.29) is 5.70 Å². The molecule has 2 aromatic carbocycles. The second-order valence-corrected chi connectivity index (χ2v) is 10.8. The van der Waals surface area contributed by atoms with Gasteiger partial charge in [0.2, 0.25) is 0 Å². The zero-order chi connectivity index (χ0) is 32.8. The highest BCUT2D eigenvalue weighted by molar-refractivity contribution is 6.35. The molecule has 1 aromatic heterocycles. The first-order valence-electron chi connectivity index (χ1n) is 14.5. The van der Waals surface area contributed by atoms with Crippen LogP contribution in [-0.4, -0.2) is 55.9 Å². The minimum absolute atomic E-state index is 0.0467. The lowest BCUT2D eigenvalue weighted by atomic mass is 9.99. The number of amides is 2. The van der Waals surface area contributed by atoms with Gasteiger partial charge in [-0.15, -0.1) is 0 Å². The van der Waals surface area contributed by atoms with Gasteiger partial charge in [0, 0.05) is 35.5 Å². The summed E-state index contributed by atoms with van der Waals surface area (Å²) in [5.41, 5.74) is -1.45. The Labute approximate surface area is 260 Å². The number of hydrogen-bond donors (Lipinski definition) is 3. The van der Waals surface area contributed by atoms with Crippen LogP contribution in [0.5, 0.6) is 17.2 Å². The van der Waals surface area contributed by atoms with Gasteiger partial charge in [0.25, 0.3) is 0 Å². The summed E-state index contributed by atoms with van der Waals surface area (Å²) in [6.07, 6.45) is -0.457. The second-order valence-electron chi connectivity index (χ2n) is 10.8. The molecule has 2 amide bonds. The van der Waals surface area contributed by atoms with Gasteiger partial charge in [-0.25, -0.2) is 8.78 Å². The number of piperidine rings is 1. The highest BCUT2D eigenvalue weighted by Crippen LogP contribution is 2.37. The molecular formula is C32H31F5N4O5. The highest BCUT2D eigenvalue weighted by Gasteiger charge is 2.35. The molecule has 244 valence electrons. The Morgan fingerprint density at radius 2 is 1.85 bits per heavy atom. The lowest BCUT2D eigenvalue weighted by Gasteiger charge is -2.24.